The fourth-order valence-electron chi connectivity index (χ4n) is 6.52. The summed E-state index contributed by atoms with van der Waals surface area (Å²) in [6.45, 7) is -0.813. The Bertz CT molecular complexity index is 2260. The van der Waals surface area contributed by atoms with Gasteiger partial charge < -0.3 is 50.0 Å². The summed E-state index contributed by atoms with van der Waals surface area (Å²) in [5, 5.41) is 48.6. The molecule has 0 amide bonds. The molecule has 6 rings (SSSR count). The third kappa shape index (κ3) is 14.6. The smallest absolute Gasteiger partial charge is 0.417 e. The highest BCUT2D eigenvalue weighted by Crippen LogP contribution is 2.26. The number of aromatic nitrogens is 2. The fraction of sp³-hybridized carbons (Fsp3) is 0.250. The van der Waals surface area contributed by atoms with Crippen LogP contribution in [0.1, 0.15) is 45.6 Å². The molecule has 2 heterocycles. The first-order valence-electron chi connectivity index (χ1n) is 20.4. The molecule has 0 aliphatic carbocycles. The highest BCUT2D eigenvalue weighted by molar-refractivity contribution is 6.31. The summed E-state index contributed by atoms with van der Waals surface area (Å²) in [5.74, 6) is -0.883. The van der Waals surface area contributed by atoms with Crippen LogP contribution < -0.4 is 20.1 Å². The molecule has 4 aromatic carbocycles. The van der Waals surface area contributed by atoms with Gasteiger partial charge in [0.1, 0.15) is 24.7 Å². The molecule has 0 saturated heterocycles. The van der Waals surface area contributed by atoms with Gasteiger partial charge in [0.15, 0.2) is 0 Å². The Balaban J connectivity index is 1.08. The number of carbonyl (C=O) groups excluding carboxylic acids is 2. The van der Waals surface area contributed by atoms with E-state index in [2.05, 4.69) is 20.6 Å². The van der Waals surface area contributed by atoms with Crippen molar-refractivity contribution < 1.29 is 49.0 Å². The Morgan fingerprint density at radius 1 is 0.562 bits per heavy atom. The largest absolute Gasteiger partial charge is 0.456 e. The van der Waals surface area contributed by atoms with Crippen molar-refractivity contribution in [3.05, 3.63) is 177 Å². The number of esters is 2. The third-order valence-electron chi connectivity index (χ3n) is 9.95. The van der Waals surface area contributed by atoms with Gasteiger partial charge in [-0.25, -0.2) is 19.6 Å². The minimum atomic E-state index is -1.21. The molecule has 2 aromatic heterocycles. The standard InChI is InChI=1S/C48H48Cl2N4O10/c49-37-9-1-5-33(23-37)43(57)25-53-39(21-31-11-15-41(16-12-31)63-45-35(27-55)7-3-19-51-45)29-61-47(59)48(60)62-30-40(54-26-44(58)34-6-2-10-38(50)24-34)22-32-13-17-42(18-14-32)64-46-36(28-56)8-4-20-52-46/h1-20,23-24,39-40,43-44,53-58H,21-22,25-30H2/t39-,40-,43+,44+/m0/s1. The number of nitrogens with one attached hydrogen (secondary N) is 2. The number of pyridine rings is 2. The number of halogens is 2. The molecule has 4 atom stereocenters. The monoisotopic (exact) mass is 910 g/mol. The molecule has 6 aromatic rings. The van der Waals surface area contributed by atoms with E-state index in [-0.39, 0.29) is 51.3 Å². The van der Waals surface area contributed by atoms with Crippen LogP contribution in [-0.2, 0) is 45.1 Å². The summed E-state index contributed by atoms with van der Waals surface area (Å²) >= 11 is 12.3. The zero-order valence-electron chi connectivity index (χ0n) is 34.6. The second-order valence-electron chi connectivity index (χ2n) is 14.7. The van der Waals surface area contributed by atoms with Crippen LogP contribution in [-0.4, -0.2) is 80.7 Å². The topological polar surface area (TPSA) is 202 Å². The van der Waals surface area contributed by atoms with Crippen molar-refractivity contribution in [2.24, 2.45) is 0 Å². The zero-order chi connectivity index (χ0) is 45.3. The molecular formula is C48H48Cl2N4O10. The van der Waals surface area contributed by atoms with Gasteiger partial charge in [0.05, 0.1) is 25.4 Å². The van der Waals surface area contributed by atoms with E-state index in [4.69, 9.17) is 42.1 Å². The van der Waals surface area contributed by atoms with E-state index in [0.717, 1.165) is 11.1 Å². The Morgan fingerprint density at radius 3 is 1.34 bits per heavy atom. The van der Waals surface area contributed by atoms with Crippen LogP contribution in [0.25, 0.3) is 0 Å². The molecule has 0 saturated carbocycles. The molecule has 0 fully saturated rings. The zero-order valence-corrected chi connectivity index (χ0v) is 36.1. The second kappa shape index (κ2) is 24.2. The molecule has 334 valence electrons. The third-order valence-corrected chi connectivity index (χ3v) is 10.4. The van der Waals surface area contributed by atoms with E-state index >= 15 is 0 Å². The number of benzene rings is 4. The van der Waals surface area contributed by atoms with Crippen molar-refractivity contribution >= 4 is 35.1 Å². The summed E-state index contributed by atoms with van der Waals surface area (Å²) < 4.78 is 22.7. The maximum Gasteiger partial charge on any atom is 0.417 e. The van der Waals surface area contributed by atoms with Crippen molar-refractivity contribution in [1.82, 2.24) is 20.6 Å². The van der Waals surface area contributed by atoms with E-state index in [1.54, 1.807) is 109 Å². The molecule has 6 N–H and O–H groups in total. The number of aliphatic hydroxyl groups is 4. The van der Waals surface area contributed by atoms with Gasteiger partial charge in [-0.15, -0.1) is 0 Å². The summed E-state index contributed by atoms with van der Waals surface area (Å²) in [5.41, 5.74) is 3.89. The van der Waals surface area contributed by atoms with Crippen LogP contribution in [0.5, 0.6) is 23.3 Å². The average molecular weight is 912 g/mol. The normalized spacial score (nSPS) is 13.0. The first kappa shape index (κ1) is 47.5. The van der Waals surface area contributed by atoms with Gasteiger partial charge >= 0.3 is 11.9 Å². The van der Waals surface area contributed by atoms with Crippen LogP contribution in [0, 0.1) is 0 Å². The van der Waals surface area contributed by atoms with Crippen LogP contribution in [0.4, 0.5) is 0 Å². The van der Waals surface area contributed by atoms with E-state index in [1.165, 1.54) is 0 Å². The molecule has 0 bridgehead atoms. The van der Waals surface area contributed by atoms with Crippen molar-refractivity contribution in [2.75, 3.05) is 26.3 Å². The predicted molar refractivity (Wildman–Crippen MR) is 239 cm³/mol. The number of nitrogens with zero attached hydrogens (tertiary/aromatic N) is 2. The van der Waals surface area contributed by atoms with Crippen molar-refractivity contribution in [2.45, 2.75) is 50.3 Å². The van der Waals surface area contributed by atoms with Crippen molar-refractivity contribution in [3.63, 3.8) is 0 Å². The Morgan fingerprint density at radius 2 is 0.969 bits per heavy atom. The Hall–Kier alpha value is -5.94. The molecule has 0 aliphatic rings. The highest BCUT2D eigenvalue weighted by atomic mass is 35.5. The van der Waals surface area contributed by atoms with Crippen LogP contribution in [0.3, 0.4) is 0 Å². The SMILES string of the molecule is O=C(OC[C@H](Cc1ccc(Oc2ncccc2CO)cc1)NC[C@@H](O)c1cccc(Cl)c1)C(=O)OC[C@H](Cc1ccc(Oc2ncccc2CO)cc1)NC[C@@H](O)c1cccc(Cl)c1. The van der Waals surface area contributed by atoms with Gasteiger partial charge in [-0.2, -0.15) is 0 Å². The van der Waals surface area contributed by atoms with Gasteiger partial charge in [-0.05, 0) is 108 Å². The van der Waals surface area contributed by atoms with Crippen LogP contribution >= 0.6 is 23.2 Å². The molecule has 14 nitrogen and oxygen atoms in total. The molecule has 0 aliphatic heterocycles. The summed E-state index contributed by atoms with van der Waals surface area (Å²) in [6, 6.07) is 33.6. The van der Waals surface area contributed by atoms with E-state index < -0.39 is 36.2 Å². The molecule has 0 unspecified atom stereocenters. The lowest BCUT2D eigenvalue weighted by Gasteiger charge is -2.22. The van der Waals surface area contributed by atoms with E-state index in [9.17, 15) is 30.0 Å². The first-order chi connectivity index (χ1) is 31.1. The maximum atomic E-state index is 13.1. The predicted octanol–water partition coefficient (Wildman–Crippen LogP) is 6.61. The minimum Gasteiger partial charge on any atom is -0.456 e. The fourth-order valence-corrected chi connectivity index (χ4v) is 6.92. The average Bonchev–Trinajstić information content (AvgIpc) is 3.31. The van der Waals surface area contributed by atoms with Crippen molar-refractivity contribution in [3.8, 4) is 23.3 Å². The maximum absolute atomic E-state index is 13.1. The number of hydrogen-bond donors (Lipinski definition) is 6. The summed E-state index contributed by atoms with van der Waals surface area (Å²) in [6.07, 6.45) is 1.90. The van der Waals surface area contributed by atoms with E-state index in [1.807, 2.05) is 24.3 Å². The first-order valence-corrected chi connectivity index (χ1v) is 21.1. The molecule has 64 heavy (non-hydrogen) atoms. The second-order valence-corrected chi connectivity index (χ2v) is 15.6. The number of carbonyl (C=O) groups is 2. The number of hydrogen-bond acceptors (Lipinski definition) is 14. The molecular weight excluding hydrogens is 863 g/mol. The molecule has 0 radical (unpaired) electrons. The number of rotatable bonds is 22. The lowest BCUT2D eigenvalue weighted by molar-refractivity contribution is -0.168. The van der Waals surface area contributed by atoms with Gasteiger partial charge in [0, 0.05) is 58.7 Å². The lowest BCUT2D eigenvalue weighted by atomic mass is 10.0. The van der Waals surface area contributed by atoms with Crippen LogP contribution in [0.2, 0.25) is 10.0 Å². The molecule has 16 heteroatoms. The summed E-state index contributed by atoms with van der Waals surface area (Å²) in [7, 11) is 0. The van der Waals surface area contributed by atoms with Crippen molar-refractivity contribution in [1.29, 1.82) is 0 Å². The van der Waals surface area contributed by atoms with Gasteiger partial charge in [0.25, 0.3) is 0 Å². The summed E-state index contributed by atoms with van der Waals surface area (Å²) in [4.78, 5) is 34.6. The highest BCUT2D eigenvalue weighted by Gasteiger charge is 2.24. The minimum absolute atomic E-state index is 0.0755. The van der Waals surface area contributed by atoms with Gasteiger partial charge in [0.2, 0.25) is 11.8 Å². The Labute approximate surface area is 380 Å². The van der Waals surface area contributed by atoms with Gasteiger partial charge in [-0.3, -0.25) is 0 Å². The van der Waals surface area contributed by atoms with E-state index in [0.29, 0.717) is 56.6 Å². The van der Waals surface area contributed by atoms with Gasteiger partial charge in [-0.1, -0.05) is 71.7 Å². The molecule has 0 spiro atoms. The lowest BCUT2D eigenvalue weighted by Crippen LogP contribution is -2.41. The number of ether oxygens (including phenoxy) is 4. The number of aliphatic hydroxyl groups excluding tert-OH is 4. The van der Waals surface area contributed by atoms with Crippen LogP contribution in [0.15, 0.2) is 134 Å². The quantitative estimate of drug-likeness (QED) is 0.0314. The Kier molecular flexibility index (Phi) is 18.0.